The first-order chi connectivity index (χ1) is 9.31. The van der Waals surface area contributed by atoms with Gasteiger partial charge >= 0.3 is 0 Å². The second kappa shape index (κ2) is 7.13. The van der Waals surface area contributed by atoms with Crippen molar-refractivity contribution in [2.45, 2.75) is 45.4 Å². The molecule has 0 saturated heterocycles. The predicted octanol–water partition coefficient (Wildman–Crippen LogP) is 5.71. The fraction of sp³-hybridized carbons (Fsp3) is 0.368. The first-order valence-corrected chi connectivity index (χ1v) is 7.35. The van der Waals surface area contributed by atoms with Crippen LogP contribution in [0.1, 0.15) is 50.2 Å². The first kappa shape index (κ1) is 13.9. The Morgan fingerprint density at radius 3 is 2.95 bits per heavy atom. The average molecular weight is 252 g/mol. The molecule has 19 heavy (non-hydrogen) atoms. The lowest BCUT2D eigenvalue weighted by molar-refractivity contribution is 0.927. The van der Waals surface area contributed by atoms with Crippen LogP contribution in [0.25, 0.3) is 5.57 Å². The highest BCUT2D eigenvalue weighted by Crippen LogP contribution is 2.29. The molecular formula is C19H24. The van der Waals surface area contributed by atoms with Crippen molar-refractivity contribution < 1.29 is 0 Å². The third-order valence-corrected chi connectivity index (χ3v) is 3.82. The Morgan fingerprint density at radius 2 is 2.11 bits per heavy atom. The molecule has 100 valence electrons. The SMILES string of the molecule is C=CCC/C(C)=C/CCC1=CCCc2ccccc21. The third-order valence-electron chi connectivity index (χ3n) is 3.82. The van der Waals surface area contributed by atoms with Crippen molar-refractivity contribution in [1.82, 2.24) is 0 Å². The maximum atomic E-state index is 3.78. The molecule has 0 N–H and O–H groups in total. The van der Waals surface area contributed by atoms with E-state index in [1.807, 2.05) is 6.08 Å². The number of rotatable bonds is 6. The van der Waals surface area contributed by atoms with Crippen molar-refractivity contribution in [3.8, 4) is 0 Å². The van der Waals surface area contributed by atoms with Crippen LogP contribution in [0.3, 0.4) is 0 Å². The molecule has 1 aromatic rings. The molecule has 1 aromatic carbocycles. The Hall–Kier alpha value is -1.56. The molecule has 2 rings (SSSR count). The van der Waals surface area contributed by atoms with Gasteiger partial charge in [-0.25, -0.2) is 0 Å². The standard InChI is InChI=1S/C19H24/c1-3-4-9-16(2)10-7-12-18-14-8-13-17-11-5-6-15-19(17)18/h3,5-6,10-11,14-15H,1,4,7-9,12-13H2,2H3/b16-10+. The summed E-state index contributed by atoms with van der Waals surface area (Å²) in [5.74, 6) is 0. The Labute approximate surface area is 117 Å². The van der Waals surface area contributed by atoms with Gasteiger partial charge in [0.1, 0.15) is 0 Å². The molecule has 0 heteroatoms. The van der Waals surface area contributed by atoms with Gasteiger partial charge in [0.2, 0.25) is 0 Å². The molecule has 0 spiro atoms. The largest absolute Gasteiger partial charge is 0.103 e. The maximum absolute atomic E-state index is 3.78. The van der Waals surface area contributed by atoms with E-state index in [2.05, 4.69) is 49.9 Å². The van der Waals surface area contributed by atoms with Crippen LogP contribution >= 0.6 is 0 Å². The van der Waals surface area contributed by atoms with Crippen molar-refractivity contribution >= 4 is 5.57 Å². The minimum absolute atomic E-state index is 1.09. The molecule has 1 aliphatic carbocycles. The summed E-state index contributed by atoms with van der Waals surface area (Å²) in [5, 5.41) is 0. The van der Waals surface area contributed by atoms with Gasteiger partial charge in [0.15, 0.2) is 0 Å². The van der Waals surface area contributed by atoms with E-state index in [-0.39, 0.29) is 0 Å². The highest BCUT2D eigenvalue weighted by Gasteiger charge is 2.10. The van der Waals surface area contributed by atoms with Crippen molar-refractivity contribution in [2.75, 3.05) is 0 Å². The topological polar surface area (TPSA) is 0 Å². The average Bonchev–Trinajstić information content (AvgIpc) is 2.45. The lowest BCUT2D eigenvalue weighted by atomic mass is 9.88. The van der Waals surface area contributed by atoms with Crippen LogP contribution in [-0.4, -0.2) is 0 Å². The van der Waals surface area contributed by atoms with Crippen LogP contribution in [0, 0.1) is 0 Å². The van der Waals surface area contributed by atoms with Gasteiger partial charge < -0.3 is 0 Å². The Balaban J connectivity index is 1.93. The number of benzene rings is 1. The van der Waals surface area contributed by atoms with E-state index in [0.717, 1.165) is 19.3 Å². The fourth-order valence-corrected chi connectivity index (χ4v) is 2.71. The summed E-state index contributed by atoms with van der Waals surface area (Å²) in [6.07, 6.45) is 13.8. The van der Waals surface area contributed by atoms with Gasteiger partial charge in [-0.2, -0.15) is 0 Å². The van der Waals surface area contributed by atoms with Crippen molar-refractivity contribution in [3.05, 3.63) is 65.8 Å². The second-order valence-electron chi connectivity index (χ2n) is 5.34. The van der Waals surface area contributed by atoms with Crippen molar-refractivity contribution in [3.63, 3.8) is 0 Å². The molecule has 0 fully saturated rings. The van der Waals surface area contributed by atoms with E-state index in [0.29, 0.717) is 0 Å². The smallest absolute Gasteiger partial charge is 0.0195 e. The van der Waals surface area contributed by atoms with Gasteiger partial charge in [-0.15, -0.1) is 6.58 Å². The van der Waals surface area contributed by atoms with Crippen LogP contribution in [0.2, 0.25) is 0 Å². The molecule has 0 aromatic heterocycles. The quantitative estimate of drug-likeness (QED) is 0.569. The molecule has 0 radical (unpaired) electrons. The number of hydrogen-bond donors (Lipinski definition) is 0. The Bertz CT molecular complexity index is 489. The molecule has 0 amide bonds. The molecule has 0 nitrogen and oxygen atoms in total. The number of fused-ring (bicyclic) bond motifs is 1. The molecular weight excluding hydrogens is 228 g/mol. The predicted molar refractivity (Wildman–Crippen MR) is 85.2 cm³/mol. The third kappa shape index (κ3) is 3.96. The van der Waals surface area contributed by atoms with Gasteiger partial charge in [-0.3, -0.25) is 0 Å². The van der Waals surface area contributed by atoms with Gasteiger partial charge in [0.05, 0.1) is 0 Å². The lowest BCUT2D eigenvalue weighted by Crippen LogP contribution is -1.99. The van der Waals surface area contributed by atoms with E-state index in [1.165, 1.54) is 41.5 Å². The summed E-state index contributed by atoms with van der Waals surface area (Å²) in [4.78, 5) is 0. The highest BCUT2D eigenvalue weighted by atomic mass is 14.2. The van der Waals surface area contributed by atoms with Crippen molar-refractivity contribution in [1.29, 1.82) is 0 Å². The second-order valence-corrected chi connectivity index (χ2v) is 5.34. The van der Waals surface area contributed by atoms with Gasteiger partial charge in [-0.05, 0) is 62.1 Å². The van der Waals surface area contributed by atoms with E-state index >= 15 is 0 Å². The van der Waals surface area contributed by atoms with Crippen LogP contribution in [0.15, 0.2) is 54.6 Å². The van der Waals surface area contributed by atoms with Gasteiger partial charge in [-0.1, -0.05) is 48.1 Å². The maximum Gasteiger partial charge on any atom is -0.0195 e. The molecule has 0 unspecified atom stereocenters. The minimum Gasteiger partial charge on any atom is -0.103 e. The number of allylic oxidation sites excluding steroid dienone is 5. The molecule has 0 bridgehead atoms. The summed E-state index contributed by atoms with van der Waals surface area (Å²) in [6, 6.07) is 8.85. The van der Waals surface area contributed by atoms with Crippen LogP contribution in [0.4, 0.5) is 0 Å². The fourth-order valence-electron chi connectivity index (χ4n) is 2.71. The summed E-state index contributed by atoms with van der Waals surface area (Å²) >= 11 is 0. The summed E-state index contributed by atoms with van der Waals surface area (Å²) < 4.78 is 0. The lowest BCUT2D eigenvalue weighted by Gasteiger charge is -2.17. The zero-order chi connectivity index (χ0) is 13.5. The van der Waals surface area contributed by atoms with Crippen LogP contribution in [-0.2, 0) is 6.42 Å². The normalized spacial score (nSPS) is 14.8. The minimum atomic E-state index is 1.09. The van der Waals surface area contributed by atoms with E-state index in [1.54, 1.807) is 0 Å². The van der Waals surface area contributed by atoms with E-state index in [4.69, 9.17) is 0 Å². The van der Waals surface area contributed by atoms with Gasteiger partial charge in [0, 0.05) is 0 Å². The first-order valence-electron chi connectivity index (χ1n) is 7.35. The Morgan fingerprint density at radius 1 is 1.26 bits per heavy atom. The molecule has 0 atom stereocenters. The zero-order valence-electron chi connectivity index (χ0n) is 12.0. The van der Waals surface area contributed by atoms with Gasteiger partial charge in [0.25, 0.3) is 0 Å². The molecule has 0 aliphatic heterocycles. The summed E-state index contributed by atoms with van der Waals surface area (Å²) in [6.45, 7) is 6.00. The number of aryl methyl sites for hydroxylation is 1. The summed E-state index contributed by atoms with van der Waals surface area (Å²) in [7, 11) is 0. The van der Waals surface area contributed by atoms with Crippen LogP contribution < -0.4 is 0 Å². The van der Waals surface area contributed by atoms with Crippen LogP contribution in [0.5, 0.6) is 0 Å². The van der Waals surface area contributed by atoms with E-state index in [9.17, 15) is 0 Å². The number of hydrogen-bond acceptors (Lipinski definition) is 0. The zero-order valence-corrected chi connectivity index (χ0v) is 12.0. The highest BCUT2D eigenvalue weighted by molar-refractivity contribution is 5.70. The Kier molecular flexibility index (Phi) is 5.20. The van der Waals surface area contributed by atoms with Crippen molar-refractivity contribution in [2.24, 2.45) is 0 Å². The monoisotopic (exact) mass is 252 g/mol. The van der Waals surface area contributed by atoms with E-state index < -0.39 is 0 Å². The molecule has 1 aliphatic rings. The molecule has 0 saturated carbocycles. The molecule has 0 heterocycles. The summed E-state index contributed by atoms with van der Waals surface area (Å²) in [5.41, 5.74) is 6.03.